The van der Waals surface area contributed by atoms with Crippen LogP contribution in [0.5, 0.6) is 11.5 Å². The maximum Gasteiger partial charge on any atom is 0.406 e. The summed E-state index contributed by atoms with van der Waals surface area (Å²) in [5.41, 5.74) is -0.158. The summed E-state index contributed by atoms with van der Waals surface area (Å²) in [7, 11) is 1.15. The van der Waals surface area contributed by atoms with Crippen LogP contribution < -0.4 is 9.47 Å². The Morgan fingerprint density at radius 2 is 2.00 bits per heavy atom. The van der Waals surface area contributed by atoms with Gasteiger partial charge in [0.25, 0.3) is 5.91 Å². The maximum absolute atomic E-state index is 12.5. The summed E-state index contributed by atoms with van der Waals surface area (Å²) < 4.78 is 70.9. The van der Waals surface area contributed by atoms with Crippen molar-refractivity contribution in [3.8, 4) is 11.5 Å². The van der Waals surface area contributed by atoms with Gasteiger partial charge in [0, 0.05) is 12.1 Å². The van der Waals surface area contributed by atoms with Crippen LogP contribution >= 0.6 is 0 Å². The van der Waals surface area contributed by atoms with Gasteiger partial charge < -0.3 is 14.4 Å². The molecule has 0 radical (unpaired) electrons. The second kappa shape index (κ2) is 7.80. The molecule has 0 heterocycles. The molecule has 0 atom stereocenters. The molecule has 0 aliphatic rings. The number of halogens is 5. The van der Waals surface area contributed by atoms with Crippen molar-refractivity contribution in [2.45, 2.75) is 12.8 Å². The lowest BCUT2D eigenvalue weighted by molar-refractivity contribution is -0.139. The van der Waals surface area contributed by atoms with E-state index in [0.717, 1.165) is 31.4 Å². The Kier molecular flexibility index (Phi) is 6.35. The zero-order chi connectivity index (χ0) is 17.6. The van der Waals surface area contributed by atoms with Crippen LogP contribution in [0.2, 0.25) is 0 Å². The molecule has 0 aliphatic carbocycles. The van der Waals surface area contributed by atoms with Crippen molar-refractivity contribution in [1.29, 1.82) is 0 Å². The predicted octanol–water partition coefficient (Wildman–Crippen LogP) is 3.49. The van der Waals surface area contributed by atoms with Crippen molar-refractivity contribution in [2.75, 3.05) is 20.2 Å². The molecule has 1 amide bonds. The quantitative estimate of drug-likeness (QED) is 0.564. The highest BCUT2D eigenvalue weighted by Crippen LogP contribution is 2.30. The summed E-state index contributed by atoms with van der Waals surface area (Å²) in [5, 5.41) is 0. The molecule has 1 aromatic carbocycles. The van der Waals surface area contributed by atoms with E-state index in [4.69, 9.17) is 4.74 Å². The molecule has 0 aromatic heterocycles. The van der Waals surface area contributed by atoms with E-state index in [0.29, 0.717) is 4.90 Å². The van der Waals surface area contributed by atoms with Crippen LogP contribution in [0.4, 0.5) is 22.0 Å². The van der Waals surface area contributed by atoms with Gasteiger partial charge in [0.05, 0.1) is 7.11 Å². The molecule has 0 saturated carbocycles. The number of methoxy groups -OCH3 is 1. The normalized spacial score (nSPS) is 11.3. The fourth-order valence-corrected chi connectivity index (χ4v) is 1.77. The van der Waals surface area contributed by atoms with E-state index in [1.165, 1.54) is 0 Å². The topological polar surface area (TPSA) is 38.8 Å². The van der Waals surface area contributed by atoms with Crippen molar-refractivity contribution in [1.82, 2.24) is 4.90 Å². The molecule has 128 valence electrons. The van der Waals surface area contributed by atoms with Crippen LogP contribution in [0.3, 0.4) is 0 Å². The summed E-state index contributed by atoms with van der Waals surface area (Å²) in [5.74, 6) is -1.46. The maximum atomic E-state index is 12.5. The van der Waals surface area contributed by atoms with Crippen molar-refractivity contribution in [3.05, 3.63) is 36.4 Å². The van der Waals surface area contributed by atoms with Crippen LogP contribution in [-0.4, -0.2) is 43.8 Å². The minimum atomic E-state index is -4.58. The second-order valence-electron chi connectivity index (χ2n) is 4.33. The first-order valence-corrected chi connectivity index (χ1v) is 6.27. The van der Waals surface area contributed by atoms with Crippen molar-refractivity contribution in [3.63, 3.8) is 0 Å². The molecule has 0 unspecified atom stereocenters. The average Bonchev–Trinajstić information content (AvgIpc) is 2.44. The first-order chi connectivity index (χ1) is 10.7. The fraction of sp³-hybridized carbons (Fsp3) is 0.357. The third kappa shape index (κ3) is 5.76. The molecule has 1 aromatic rings. The Labute approximate surface area is 129 Å². The van der Waals surface area contributed by atoms with E-state index >= 15 is 0 Å². The first-order valence-electron chi connectivity index (χ1n) is 6.27. The van der Waals surface area contributed by atoms with Gasteiger partial charge in [-0.2, -0.15) is 22.0 Å². The van der Waals surface area contributed by atoms with Gasteiger partial charge in [0.15, 0.2) is 11.5 Å². The monoisotopic (exact) mass is 339 g/mol. The van der Waals surface area contributed by atoms with Crippen LogP contribution in [0.1, 0.15) is 10.4 Å². The Morgan fingerprint density at radius 3 is 2.48 bits per heavy atom. The predicted molar refractivity (Wildman–Crippen MR) is 71.8 cm³/mol. The number of hydrogen-bond acceptors (Lipinski definition) is 3. The highest BCUT2D eigenvalue weighted by atomic mass is 19.4. The first kappa shape index (κ1) is 18.7. The highest BCUT2D eigenvalue weighted by Gasteiger charge is 2.33. The van der Waals surface area contributed by atoms with E-state index in [9.17, 15) is 26.7 Å². The largest absolute Gasteiger partial charge is 0.493 e. The van der Waals surface area contributed by atoms with Gasteiger partial charge >= 0.3 is 12.8 Å². The van der Waals surface area contributed by atoms with E-state index in [1.807, 2.05) is 0 Å². The third-order valence-corrected chi connectivity index (χ3v) is 2.63. The lowest BCUT2D eigenvalue weighted by Crippen LogP contribution is -2.39. The van der Waals surface area contributed by atoms with Crippen molar-refractivity contribution in [2.24, 2.45) is 0 Å². The molecule has 0 bridgehead atoms. The lowest BCUT2D eigenvalue weighted by atomic mass is 10.1. The number of benzene rings is 1. The average molecular weight is 339 g/mol. The third-order valence-electron chi connectivity index (χ3n) is 2.63. The number of ether oxygens (including phenoxy) is 2. The number of alkyl halides is 5. The molecule has 9 heteroatoms. The number of carbonyl (C=O) groups is 1. The van der Waals surface area contributed by atoms with Gasteiger partial charge in [-0.05, 0) is 18.2 Å². The molecule has 0 N–H and O–H groups in total. The van der Waals surface area contributed by atoms with Crippen molar-refractivity contribution < 1.29 is 36.2 Å². The van der Waals surface area contributed by atoms with Gasteiger partial charge in [-0.3, -0.25) is 4.79 Å². The van der Waals surface area contributed by atoms with Crippen LogP contribution in [-0.2, 0) is 0 Å². The molecule has 4 nitrogen and oxygen atoms in total. The summed E-state index contributed by atoms with van der Waals surface area (Å²) in [6.07, 6.45) is -3.43. The molecule has 23 heavy (non-hydrogen) atoms. The standard InChI is InChI=1S/C14H14F5NO3/c1-3-6-20(8-14(17,18)19)12(21)9-4-5-10(23-13(15)16)11(7-9)22-2/h3-5,7,13H,1,6,8H2,2H3. The number of nitrogens with zero attached hydrogens (tertiary/aromatic N) is 1. The van der Waals surface area contributed by atoms with Gasteiger partial charge in [0.1, 0.15) is 6.54 Å². The zero-order valence-corrected chi connectivity index (χ0v) is 12.1. The Morgan fingerprint density at radius 1 is 1.35 bits per heavy atom. The van der Waals surface area contributed by atoms with Crippen LogP contribution in [0.15, 0.2) is 30.9 Å². The van der Waals surface area contributed by atoms with E-state index in [2.05, 4.69) is 11.3 Å². The summed E-state index contributed by atoms with van der Waals surface area (Å²) >= 11 is 0. The fourth-order valence-electron chi connectivity index (χ4n) is 1.77. The second-order valence-corrected chi connectivity index (χ2v) is 4.33. The molecule has 1 rings (SSSR count). The van der Waals surface area contributed by atoms with Gasteiger partial charge in [-0.15, -0.1) is 6.58 Å². The smallest absolute Gasteiger partial charge is 0.406 e. The van der Waals surface area contributed by atoms with Gasteiger partial charge in [-0.1, -0.05) is 6.08 Å². The van der Waals surface area contributed by atoms with Crippen LogP contribution in [0, 0.1) is 0 Å². The molecule has 0 aliphatic heterocycles. The summed E-state index contributed by atoms with van der Waals surface area (Å²) in [4.78, 5) is 12.7. The Balaban J connectivity index is 3.07. The highest BCUT2D eigenvalue weighted by molar-refractivity contribution is 5.95. The SMILES string of the molecule is C=CCN(CC(F)(F)F)C(=O)c1ccc(OC(F)F)c(OC)c1. The molecule has 0 saturated heterocycles. The zero-order valence-electron chi connectivity index (χ0n) is 12.1. The van der Waals surface area contributed by atoms with Gasteiger partial charge in [0.2, 0.25) is 0 Å². The van der Waals surface area contributed by atoms with E-state index in [-0.39, 0.29) is 23.6 Å². The molecule has 0 fully saturated rings. The Bertz CT molecular complexity index is 560. The number of carbonyl (C=O) groups excluding carboxylic acids is 1. The summed E-state index contributed by atoms with van der Waals surface area (Å²) in [6, 6.07) is 3.14. The summed E-state index contributed by atoms with van der Waals surface area (Å²) in [6.45, 7) is -1.59. The minimum absolute atomic E-state index is 0.158. The minimum Gasteiger partial charge on any atom is -0.493 e. The van der Waals surface area contributed by atoms with Gasteiger partial charge in [-0.25, -0.2) is 0 Å². The number of hydrogen-bond donors (Lipinski definition) is 0. The van der Waals surface area contributed by atoms with E-state index in [1.54, 1.807) is 0 Å². The van der Waals surface area contributed by atoms with Crippen molar-refractivity contribution >= 4 is 5.91 Å². The Hall–Kier alpha value is -2.32. The molecular weight excluding hydrogens is 325 g/mol. The van der Waals surface area contributed by atoms with Crippen LogP contribution in [0.25, 0.3) is 0 Å². The lowest BCUT2D eigenvalue weighted by Gasteiger charge is -2.23. The number of rotatable bonds is 7. The van der Waals surface area contributed by atoms with E-state index < -0.39 is 25.2 Å². The molecule has 0 spiro atoms. The number of amides is 1. The molecular formula is C14H14F5NO3.